The van der Waals surface area contributed by atoms with Crippen LogP contribution in [0.25, 0.3) is 0 Å². The van der Waals surface area contributed by atoms with Crippen molar-refractivity contribution in [2.45, 2.75) is 13.2 Å². The maximum absolute atomic E-state index is 13.9. The summed E-state index contributed by atoms with van der Waals surface area (Å²) in [5.41, 5.74) is 1.66. The van der Waals surface area contributed by atoms with Gasteiger partial charge in [0.2, 0.25) is 0 Å². The number of anilines is 1. The Morgan fingerprint density at radius 1 is 1.05 bits per heavy atom. The average molecular weight is 421 g/mol. The molecule has 112 valence electrons. The number of ether oxygens (including phenoxy) is 1. The van der Waals surface area contributed by atoms with E-state index in [1.54, 1.807) is 7.11 Å². The molecule has 21 heavy (non-hydrogen) atoms. The highest BCUT2D eigenvalue weighted by Gasteiger charge is 2.13. The lowest BCUT2D eigenvalue weighted by molar-refractivity contribution is 0.185. The van der Waals surface area contributed by atoms with Crippen LogP contribution in [0.15, 0.2) is 39.3 Å². The average Bonchev–Trinajstić information content (AvgIpc) is 2.46. The SMILES string of the molecule is COCc1c(Br)cccc1NCc1c(F)ccc(Br)c1F. The third kappa shape index (κ3) is 3.81. The van der Waals surface area contributed by atoms with Crippen molar-refractivity contribution in [2.24, 2.45) is 0 Å². The predicted molar refractivity (Wildman–Crippen MR) is 86.2 cm³/mol. The second kappa shape index (κ2) is 7.33. The molecule has 0 saturated carbocycles. The summed E-state index contributed by atoms with van der Waals surface area (Å²) in [5, 5.41) is 3.05. The maximum atomic E-state index is 13.9. The fourth-order valence-corrected chi connectivity index (χ4v) is 2.78. The van der Waals surface area contributed by atoms with Crippen LogP contribution >= 0.6 is 31.9 Å². The third-order valence-corrected chi connectivity index (χ3v) is 4.36. The lowest BCUT2D eigenvalue weighted by Gasteiger charge is -2.14. The van der Waals surface area contributed by atoms with Crippen LogP contribution in [0, 0.1) is 11.6 Å². The molecule has 0 unspecified atom stereocenters. The van der Waals surface area contributed by atoms with Crippen LogP contribution in [0.1, 0.15) is 11.1 Å². The van der Waals surface area contributed by atoms with Gasteiger partial charge in [0.1, 0.15) is 11.6 Å². The minimum atomic E-state index is -0.592. The molecule has 0 aliphatic carbocycles. The molecule has 0 amide bonds. The summed E-state index contributed by atoms with van der Waals surface area (Å²) in [6.45, 7) is 0.442. The Labute approximate surface area is 138 Å². The molecule has 6 heteroatoms. The van der Waals surface area contributed by atoms with Crippen molar-refractivity contribution in [3.05, 3.63) is 62.0 Å². The minimum absolute atomic E-state index is 0.00674. The highest BCUT2D eigenvalue weighted by molar-refractivity contribution is 9.10. The summed E-state index contributed by atoms with van der Waals surface area (Å²) in [4.78, 5) is 0. The molecular formula is C15H13Br2F2NO. The van der Waals surface area contributed by atoms with Crippen molar-refractivity contribution in [3.63, 3.8) is 0 Å². The zero-order valence-corrected chi connectivity index (χ0v) is 14.4. The number of methoxy groups -OCH3 is 1. The molecule has 0 bridgehead atoms. The fraction of sp³-hybridized carbons (Fsp3) is 0.200. The molecule has 0 radical (unpaired) electrons. The normalized spacial score (nSPS) is 10.7. The Balaban J connectivity index is 2.25. The van der Waals surface area contributed by atoms with Gasteiger partial charge in [0.05, 0.1) is 11.1 Å². The molecule has 0 saturated heterocycles. The predicted octanol–water partition coefficient (Wildman–Crippen LogP) is 5.25. The molecule has 0 spiro atoms. The Hall–Kier alpha value is -0.980. The molecule has 2 aromatic carbocycles. The first-order chi connectivity index (χ1) is 10.0. The van der Waals surface area contributed by atoms with Crippen LogP contribution in [0.5, 0.6) is 0 Å². The number of rotatable bonds is 5. The van der Waals surface area contributed by atoms with E-state index in [0.717, 1.165) is 15.7 Å². The van der Waals surface area contributed by atoms with Gasteiger partial charge in [-0.3, -0.25) is 0 Å². The van der Waals surface area contributed by atoms with Gasteiger partial charge in [-0.15, -0.1) is 0 Å². The molecule has 0 aliphatic rings. The molecule has 1 N–H and O–H groups in total. The highest BCUT2D eigenvalue weighted by Crippen LogP contribution is 2.27. The van der Waals surface area contributed by atoms with E-state index >= 15 is 0 Å². The van der Waals surface area contributed by atoms with Gasteiger partial charge in [0, 0.05) is 34.9 Å². The van der Waals surface area contributed by atoms with Crippen LogP contribution in [0.3, 0.4) is 0 Å². The number of hydrogen-bond acceptors (Lipinski definition) is 2. The molecule has 0 heterocycles. The molecule has 0 fully saturated rings. The summed E-state index contributed by atoms with van der Waals surface area (Å²) in [7, 11) is 1.59. The van der Waals surface area contributed by atoms with Crippen molar-refractivity contribution >= 4 is 37.5 Å². The van der Waals surface area contributed by atoms with Crippen LogP contribution in [-0.2, 0) is 17.9 Å². The first-order valence-electron chi connectivity index (χ1n) is 6.17. The standard InChI is InChI=1S/C15H13Br2F2NO/c1-21-8-10-11(16)3-2-4-14(10)20-7-9-13(18)6-5-12(17)15(9)19/h2-6,20H,7-8H2,1H3. The Kier molecular flexibility index (Phi) is 5.72. The van der Waals surface area contributed by atoms with Gasteiger partial charge in [0.15, 0.2) is 0 Å². The van der Waals surface area contributed by atoms with E-state index in [-0.39, 0.29) is 16.6 Å². The van der Waals surface area contributed by atoms with Gasteiger partial charge in [-0.2, -0.15) is 0 Å². The second-order valence-electron chi connectivity index (χ2n) is 4.37. The molecule has 0 aliphatic heterocycles. The second-order valence-corrected chi connectivity index (χ2v) is 6.08. The molecule has 2 rings (SSSR count). The third-order valence-electron chi connectivity index (χ3n) is 3.00. The van der Waals surface area contributed by atoms with Crippen LogP contribution in [0.2, 0.25) is 0 Å². The number of nitrogens with one attached hydrogen (secondary N) is 1. The summed E-state index contributed by atoms with van der Waals surface area (Å²) in [6.07, 6.45) is 0. The van der Waals surface area contributed by atoms with Gasteiger partial charge in [0.25, 0.3) is 0 Å². The van der Waals surface area contributed by atoms with E-state index in [1.165, 1.54) is 12.1 Å². The van der Waals surface area contributed by atoms with E-state index in [4.69, 9.17) is 4.74 Å². The van der Waals surface area contributed by atoms with Gasteiger partial charge >= 0.3 is 0 Å². The summed E-state index contributed by atoms with van der Waals surface area (Å²) >= 11 is 6.50. The smallest absolute Gasteiger partial charge is 0.145 e. The minimum Gasteiger partial charge on any atom is -0.380 e. The maximum Gasteiger partial charge on any atom is 0.145 e. The van der Waals surface area contributed by atoms with Crippen molar-refractivity contribution in [1.29, 1.82) is 0 Å². The Morgan fingerprint density at radius 2 is 1.81 bits per heavy atom. The summed E-state index contributed by atoms with van der Waals surface area (Å²) < 4.78 is 33.9. The van der Waals surface area contributed by atoms with Gasteiger partial charge in [-0.1, -0.05) is 22.0 Å². The van der Waals surface area contributed by atoms with E-state index < -0.39 is 11.6 Å². The van der Waals surface area contributed by atoms with E-state index in [0.29, 0.717) is 6.61 Å². The molecule has 0 aromatic heterocycles. The Morgan fingerprint density at radius 3 is 2.52 bits per heavy atom. The number of benzene rings is 2. The van der Waals surface area contributed by atoms with E-state index in [2.05, 4.69) is 37.2 Å². The van der Waals surface area contributed by atoms with E-state index in [9.17, 15) is 8.78 Å². The number of halogens is 4. The summed E-state index contributed by atoms with van der Waals surface area (Å²) in [5.74, 6) is -1.17. The van der Waals surface area contributed by atoms with Crippen LogP contribution in [0.4, 0.5) is 14.5 Å². The Bertz CT molecular complexity index is 650. The molecule has 0 atom stereocenters. The number of hydrogen-bond donors (Lipinski definition) is 1. The highest BCUT2D eigenvalue weighted by atomic mass is 79.9. The van der Waals surface area contributed by atoms with Crippen molar-refractivity contribution < 1.29 is 13.5 Å². The van der Waals surface area contributed by atoms with Crippen molar-refractivity contribution in [3.8, 4) is 0 Å². The summed E-state index contributed by atoms with van der Waals surface area (Å²) in [6, 6.07) is 8.16. The monoisotopic (exact) mass is 419 g/mol. The zero-order chi connectivity index (χ0) is 15.4. The van der Waals surface area contributed by atoms with E-state index in [1.807, 2.05) is 18.2 Å². The largest absolute Gasteiger partial charge is 0.380 e. The lowest BCUT2D eigenvalue weighted by atomic mass is 10.1. The van der Waals surface area contributed by atoms with Gasteiger partial charge in [-0.05, 0) is 40.2 Å². The van der Waals surface area contributed by atoms with Crippen molar-refractivity contribution in [1.82, 2.24) is 0 Å². The quantitative estimate of drug-likeness (QED) is 0.667. The first-order valence-corrected chi connectivity index (χ1v) is 7.75. The molecule has 2 nitrogen and oxygen atoms in total. The van der Waals surface area contributed by atoms with Crippen LogP contribution < -0.4 is 5.32 Å². The first kappa shape index (κ1) is 16.4. The van der Waals surface area contributed by atoms with Gasteiger partial charge < -0.3 is 10.1 Å². The van der Waals surface area contributed by atoms with Crippen molar-refractivity contribution in [2.75, 3.05) is 12.4 Å². The molecule has 2 aromatic rings. The lowest BCUT2D eigenvalue weighted by Crippen LogP contribution is -2.07. The topological polar surface area (TPSA) is 21.3 Å². The molecular weight excluding hydrogens is 408 g/mol. The zero-order valence-electron chi connectivity index (χ0n) is 11.2. The van der Waals surface area contributed by atoms with Crippen LogP contribution in [-0.4, -0.2) is 7.11 Å². The fourth-order valence-electron chi connectivity index (χ4n) is 1.93. The van der Waals surface area contributed by atoms with Gasteiger partial charge in [-0.25, -0.2) is 8.78 Å².